The molecule has 1 aliphatic heterocycles. The van der Waals surface area contributed by atoms with E-state index in [0.29, 0.717) is 11.1 Å². The van der Waals surface area contributed by atoms with Crippen molar-refractivity contribution in [3.8, 4) is 0 Å². The van der Waals surface area contributed by atoms with Crippen LogP contribution in [0.1, 0.15) is 28.3 Å². The fraction of sp³-hybridized carbons (Fsp3) is 0.120. The van der Waals surface area contributed by atoms with Crippen molar-refractivity contribution in [1.29, 1.82) is 0 Å². The van der Waals surface area contributed by atoms with Gasteiger partial charge in [0.2, 0.25) is 0 Å². The van der Waals surface area contributed by atoms with E-state index in [-0.39, 0.29) is 17.0 Å². The van der Waals surface area contributed by atoms with Crippen LogP contribution in [-0.2, 0) is 9.59 Å². The Balaban J connectivity index is 1.96. The minimum absolute atomic E-state index is 0.0151. The van der Waals surface area contributed by atoms with Crippen molar-refractivity contribution in [2.24, 2.45) is 0 Å². The summed E-state index contributed by atoms with van der Waals surface area (Å²) in [6.45, 7) is 3.82. The summed E-state index contributed by atoms with van der Waals surface area (Å²) in [5.41, 5.74) is 3.28. The molecular weight excluding hydrogens is 381 g/mol. The average Bonchev–Trinajstić information content (AvgIpc) is 2.99. The lowest BCUT2D eigenvalue weighted by molar-refractivity contribution is -0.132. The van der Waals surface area contributed by atoms with Gasteiger partial charge in [0.25, 0.3) is 11.7 Å². The number of aliphatic hydroxyl groups excluding tert-OH is 1. The Morgan fingerprint density at radius 1 is 0.900 bits per heavy atom. The minimum atomic E-state index is -0.868. The second-order valence-corrected chi connectivity index (χ2v) is 7.43. The summed E-state index contributed by atoms with van der Waals surface area (Å²) in [6, 6.07) is 19.1. The van der Waals surface area contributed by atoms with E-state index in [0.717, 1.165) is 11.1 Å². The van der Waals surface area contributed by atoms with Crippen LogP contribution in [0.3, 0.4) is 0 Å². The van der Waals surface area contributed by atoms with E-state index in [1.165, 1.54) is 23.1 Å². The first-order valence-corrected chi connectivity index (χ1v) is 9.57. The maximum Gasteiger partial charge on any atom is 0.300 e. The molecule has 1 aliphatic rings. The molecule has 30 heavy (non-hydrogen) atoms. The van der Waals surface area contributed by atoms with Gasteiger partial charge in [0, 0.05) is 11.3 Å². The monoisotopic (exact) mass is 401 g/mol. The highest BCUT2D eigenvalue weighted by Gasteiger charge is 2.47. The number of benzene rings is 3. The fourth-order valence-corrected chi connectivity index (χ4v) is 3.75. The molecule has 0 bridgehead atoms. The number of Topliss-reactive ketones (excluding diaryl/α,β-unsaturated/α-hetero) is 1. The number of amides is 1. The second-order valence-electron chi connectivity index (χ2n) is 7.43. The summed E-state index contributed by atoms with van der Waals surface area (Å²) in [5.74, 6) is -2.38. The van der Waals surface area contributed by atoms with E-state index in [1.54, 1.807) is 24.3 Å². The molecule has 1 heterocycles. The zero-order valence-electron chi connectivity index (χ0n) is 16.6. The van der Waals surface area contributed by atoms with E-state index in [1.807, 2.05) is 44.2 Å². The van der Waals surface area contributed by atoms with Crippen LogP contribution in [0.2, 0.25) is 0 Å². The molecule has 0 spiro atoms. The Morgan fingerprint density at radius 2 is 1.60 bits per heavy atom. The summed E-state index contributed by atoms with van der Waals surface area (Å²) in [7, 11) is 0. The Bertz CT molecular complexity index is 1180. The Kier molecular flexibility index (Phi) is 4.96. The van der Waals surface area contributed by atoms with Crippen molar-refractivity contribution in [3.63, 3.8) is 0 Å². The van der Waals surface area contributed by atoms with Crippen molar-refractivity contribution in [2.45, 2.75) is 19.9 Å². The molecule has 1 atom stereocenters. The van der Waals surface area contributed by atoms with Crippen molar-refractivity contribution in [3.05, 3.63) is 106 Å². The van der Waals surface area contributed by atoms with E-state index < -0.39 is 23.5 Å². The third-order valence-electron chi connectivity index (χ3n) is 5.21. The highest BCUT2D eigenvalue weighted by Crippen LogP contribution is 2.42. The highest BCUT2D eigenvalue weighted by molar-refractivity contribution is 6.51. The van der Waals surface area contributed by atoms with Gasteiger partial charge in [-0.2, -0.15) is 0 Å². The molecule has 1 unspecified atom stereocenters. The second kappa shape index (κ2) is 7.59. The number of ketones is 1. The molecule has 0 saturated carbocycles. The van der Waals surface area contributed by atoms with Gasteiger partial charge in [-0.3, -0.25) is 14.5 Å². The van der Waals surface area contributed by atoms with Crippen LogP contribution < -0.4 is 4.90 Å². The number of carbonyl (C=O) groups is 2. The molecule has 1 fully saturated rings. The Labute approximate surface area is 173 Å². The molecule has 5 heteroatoms. The van der Waals surface area contributed by atoms with Crippen molar-refractivity contribution in [1.82, 2.24) is 0 Å². The predicted octanol–water partition coefficient (Wildman–Crippen LogP) is 5.07. The van der Waals surface area contributed by atoms with Gasteiger partial charge >= 0.3 is 0 Å². The standard InChI is InChI=1S/C25H20FNO3/c1-15-9-11-17(12-10-15)23(28)21-22(18-6-3-5-16(2)13-18)27(25(30)24(21)29)20-8-4-7-19(26)14-20/h3-14,22,28H,1-2H3/b23-21+. The molecule has 0 aliphatic carbocycles. The van der Waals surface area contributed by atoms with Gasteiger partial charge < -0.3 is 5.11 Å². The first kappa shape index (κ1) is 19.6. The van der Waals surface area contributed by atoms with Crippen LogP contribution in [0.15, 0.2) is 78.4 Å². The van der Waals surface area contributed by atoms with E-state index >= 15 is 0 Å². The van der Waals surface area contributed by atoms with Gasteiger partial charge in [0.1, 0.15) is 11.6 Å². The highest BCUT2D eigenvalue weighted by atomic mass is 19.1. The lowest BCUT2D eigenvalue weighted by Crippen LogP contribution is -2.29. The van der Waals surface area contributed by atoms with Gasteiger partial charge in [-0.05, 0) is 37.6 Å². The smallest absolute Gasteiger partial charge is 0.300 e. The summed E-state index contributed by atoms with van der Waals surface area (Å²) in [4.78, 5) is 27.3. The number of hydrogen-bond acceptors (Lipinski definition) is 3. The number of nitrogens with zero attached hydrogens (tertiary/aromatic N) is 1. The van der Waals surface area contributed by atoms with E-state index in [9.17, 15) is 19.1 Å². The Morgan fingerprint density at radius 3 is 2.27 bits per heavy atom. The van der Waals surface area contributed by atoms with Crippen molar-refractivity contribution >= 4 is 23.1 Å². The lowest BCUT2D eigenvalue weighted by Gasteiger charge is -2.25. The van der Waals surface area contributed by atoms with Gasteiger partial charge in [-0.25, -0.2) is 4.39 Å². The van der Waals surface area contributed by atoms with Crippen LogP contribution in [0.5, 0.6) is 0 Å². The first-order valence-electron chi connectivity index (χ1n) is 9.57. The first-order chi connectivity index (χ1) is 14.4. The number of aliphatic hydroxyl groups is 1. The van der Waals surface area contributed by atoms with Crippen molar-refractivity contribution < 1.29 is 19.1 Å². The molecule has 0 radical (unpaired) electrons. The molecule has 0 aromatic heterocycles. The number of carbonyl (C=O) groups excluding carboxylic acids is 2. The van der Waals surface area contributed by atoms with Crippen LogP contribution >= 0.6 is 0 Å². The molecule has 1 amide bonds. The van der Waals surface area contributed by atoms with Crippen LogP contribution in [0.4, 0.5) is 10.1 Å². The quantitative estimate of drug-likeness (QED) is 0.379. The van der Waals surface area contributed by atoms with Crippen LogP contribution in [0.25, 0.3) is 5.76 Å². The number of hydrogen-bond donors (Lipinski definition) is 1. The number of aryl methyl sites for hydroxylation is 2. The van der Waals surface area contributed by atoms with Crippen molar-refractivity contribution in [2.75, 3.05) is 4.90 Å². The molecule has 1 saturated heterocycles. The number of anilines is 1. The number of halogens is 1. The minimum Gasteiger partial charge on any atom is -0.507 e. The van der Waals surface area contributed by atoms with Gasteiger partial charge in [0.15, 0.2) is 0 Å². The van der Waals surface area contributed by atoms with Crippen LogP contribution in [0, 0.1) is 19.7 Å². The maximum atomic E-state index is 13.9. The third-order valence-corrected chi connectivity index (χ3v) is 5.21. The topological polar surface area (TPSA) is 57.6 Å². The molecular formula is C25H20FNO3. The summed E-state index contributed by atoms with van der Waals surface area (Å²) < 4.78 is 13.9. The average molecular weight is 401 g/mol. The van der Waals surface area contributed by atoms with Gasteiger partial charge in [0.05, 0.1) is 11.6 Å². The van der Waals surface area contributed by atoms with E-state index in [2.05, 4.69) is 0 Å². The lowest BCUT2D eigenvalue weighted by atomic mass is 9.94. The summed E-state index contributed by atoms with van der Waals surface area (Å²) in [5, 5.41) is 11.0. The fourth-order valence-electron chi connectivity index (χ4n) is 3.75. The molecule has 1 N–H and O–H groups in total. The zero-order valence-corrected chi connectivity index (χ0v) is 16.6. The van der Waals surface area contributed by atoms with Crippen LogP contribution in [-0.4, -0.2) is 16.8 Å². The Hall–Kier alpha value is -3.73. The molecule has 3 aromatic carbocycles. The predicted molar refractivity (Wildman–Crippen MR) is 114 cm³/mol. The summed E-state index contributed by atoms with van der Waals surface area (Å²) in [6.07, 6.45) is 0. The largest absolute Gasteiger partial charge is 0.507 e. The molecule has 4 rings (SSSR count). The molecule has 4 nitrogen and oxygen atoms in total. The molecule has 150 valence electrons. The van der Waals surface area contributed by atoms with Gasteiger partial charge in [-0.1, -0.05) is 65.7 Å². The maximum absolute atomic E-state index is 13.9. The summed E-state index contributed by atoms with van der Waals surface area (Å²) >= 11 is 0. The zero-order chi connectivity index (χ0) is 21.4. The molecule has 3 aromatic rings. The SMILES string of the molecule is Cc1ccc(/C(O)=C2\C(=O)C(=O)N(c3cccc(F)c3)C2c2cccc(C)c2)cc1. The third kappa shape index (κ3) is 3.39. The van der Waals surface area contributed by atoms with Gasteiger partial charge in [-0.15, -0.1) is 0 Å². The van der Waals surface area contributed by atoms with E-state index in [4.69, 9.17) is 0 Å². The normalized spacial score (nSPS) is 18.1. The number of rotatable bonds is 3.